The number of fused-ring (bicyclic) bond motifs is 1. The Labute approximate surface area is 109 Å². The molecule has 96 valence electrons. The van der Waals surface area contributed by atoms with Gasteiger partial charge >= 0.3 is 0 Å². The third kappa shape index (κ3) is 1.96. The van der Waals surface area contributed by atoms with Gasteiger partial charge in [-0.15, -0.1) is 0 Å². The summed E-state index contributed by atoms with van der Waals surface area (Å²) in [6.07, 6.45) is 2.89. The zero-order valence-electron chi connectivity index (χ0n) is 11.8. The van der Waals surface area contributed by atoms with Crippen LogP contribution in [-0.4, -0.2) is 10.9 Å². The van der Waals surface area contributed by atoms with E-state index in [1.807, 2.05) is 13.2 Å². The zero-order chi connectivity index (χ0) is 13.4. The molecular formula is C16H21NO. The Kier molecular flexibility index (Phi) is 3.29. The summed E-state index contributed by atoms with van der Waals surface area (Å²) in [4.78, 5) is 11.2. The van der Waals surface area contributed by atoms with Crippen LogP contribution in [0.1, 0.15) is 61.0 Å². The minimum absolute atomic E-state index is 0.423. The fraction of sp³-hybridized carbons (Fsp3) is 0.438. The van der Waals surface area contributed by atoms with Gasteiger partial charge in [-0.25, -0.2) is 0 Å². The van der Waals surface area contributed by atoms with E-state index in [-0.39, 0.29) is 0 Å². The molecule has 0 saturated carbocycles. The van der Waals surface area contributed by atoms with E-state index in [2.05, 4.69) is 44.4 Å². The second kappa shape index (κ2) is 4.60. The Morgan fingerprint density at radius 1 is 1.11 bits per heavy atom. The maximum atomic E-state index is 11.2. The Balaban J connectivity index is 2.87. The molecule has 0 amide bonds. The lowest BCUT2D eigenvalue weighted by Crippen LogP contribution is -1.96. The van der Waals surface area contributed by atoms with E-state index < -0.39 is 0 Å². The fourth-order valence-corrected chi connectivity index (χ4v) is 2.48. The van der Waals surface area contributed by atoms with Crippen LogP contribution in [0.3, 0.4) is 0 Å². The van der Waals surface area contributed by atoms with Crippen molar-refractivity contribution in [3.63, 3.8) is 0 Å². The molecule has 0 atom stereocenters. The van der Waals surface area contributed by atoms with Gasteiger partial charge in [0.1, 0.15) is 0 Å². The van der Waals surface area contributed by atoms with E-state index in [9.17, 15) is 4.79 Å². The molecule has 0 aliphatic carbocycles. The first-order chi connectivity index (χ1) is 8.45. The Bertz CT molecular complexity index is 591. The average molecular weight is 243 g/mol. The predicted octanol–water partition coefficient (Wildman–Crippen LogP) is 4.24. The van der Waals surface area contributed by atoms with Gasteiger partial charge in [0.2, 0.25) is 0 Å². The number of rotatable bonds is 3. The smallest absolute Gasteiger partial charge is 0.152 e. The van der Waals surface area contributed by atoms with Gasteiger partial charge in [-0.3, -0.25) is 4.79 Å². The van der Waals surface area contributed by atoms with E-state index in [0.29, 0.717) is 11.8 Å². The summed E-state index contributed by atoms with van der Waals surface area (Å²) in [5, 5.41) is 1.12. The van der Waals surface area contributed by atoms with Gasteiger partial charge in [0.05, 0.1) is 0 Å². The lowest BCUT2D eigenvalue weighted by Gasteiger charge is -2.14. The van der Waals surface area contributed by atoms with E-state index >= 15 is 0 Å². The van der Waals surface area contributed by atoms with Crippen LogP contribution in [0.25, 0.3) is 10.9 Å². The van der Waals surface area contributed by atoms with Gasteiger partial charge in [0.25, 0.3) is 0 Å². The summed E-state index contributed by atoms with van der Waals surface area (Å²) < 4.78 is 2.05. The van der Waals surface area contributed by atoms with Gasteiger partial charge in [-0.1, -0.05) is 33.8 Å². The van der Waals surface area contributed by atoms with Crippen molar-refractivity contribution in [3.05, 3.63) is 35.0 Å². The van der Waals surface area contributed by atoms with Crippen molar-refractivity contribution in [1.82, 2.24) is 4.57 Å². The topological polar surface area (TPSA) is 22.0 Å². The maximum absolute atomic E-state index is 11.2. The van der Waals surface area contributed by atoms with Gasteiger partial charge < -0.3 is 4.57 Å². The number of aryl methyl sites for hydroxylation is 1. The minimum atomic E-state index is 0.423. The average Bonchev–Trinajstić information content (AvgIpc) is 2.65. The van der Waals surface area contributed by atoms with Crippen LogP contribution in [-0.2, 0) is 7.05 Å². The molecule has 1 heterocycles. The van der Waals surface area contributed by atoms with Gasteiger partial charge in [-0.2, -0.15) is 0 Å². The van der Waals surface area contributed by atoms with Gasteiger partial charge in [0.15, 0.2) is 6.29 Å². The Morgan fingerprint density at radius 3 is 2.28 bits per heavy atom. The number of aldehydes is 1. The van der Waals surface area contributed by atoms with Crippen LogP contribution >= 0.6 is 0 Å². The van der Waals surface area contributed by atoms with E-state index in [0.717, 1.165) is 22.8 Å². The van der Waals surface area contributed by atoms with E-state index in [1.165, 1.54) is 11.1 Å². The van der Waals surface area contributed by atoms with E-state index in [4.69, 9.17) is 0 Å². The number of hydrogen-bond acceptors (Lipinski definition) is 1. The summed E-state index contributed by atoms with van der Waals surface area (Å²) >= 11 is 0. The first-order valence-electron chi connectivity index (χ1n) is 6.53. The fourth-order valence-electron chi connectivity index (χ4n) is 2.48. The summed E-state index contributed by atoms with van der Waals surface area (Å²) in [5.41, 5.74) is 4.57. The quantitative estimate of drug-likeness (QED) is 0.739. The molecule has 18 heavy (non-hydrogen) atoms. The molecule has 0 bridgehead atoms. The molecule has 0 aliphatic heterocycles. The summed E-state index contributed by atoms with van der Waals surface area (Å²) in [7, 11) is 2.00. The second-order valence-corrected chi connectivity index (χ2v) is 5.63. The van der Waals surface area contributed by atoms with Crippen LogP contribution in [0.2, 0.25) is 0 Å². The summed E-state index contributed by atoms with van der Waals surface area (Å²) in [6.45, 7) is 8.77. The molecule has 2 aromatic rings. The molecule has 2 heteroatoms. The number of hydrogen-bond donors (Lipinski definition) is 0. The molecule has 2 rings (SSSR count). The minimum Gasteiger partial charge on any atom is -0.350 e. The number of carbonyl (C=O) groups excluding carboxylic acids is 1. The van der Waals surface area contributed by atoms with Crippen molar-refractivity contribution in [3.8, 4) is 0 Å². The molecule has 0 unspecified atom stereocenters. The molecule has 0 spiro atoms. The first kappa shape index (κ1) is 12.9. The summed E-state index contributed by atoms with van der Waals surface area (Å²) in [5.74, 6) is 0.925. The number of aromatic nitrogens is 1. The van der Waals surface area contributed by atoms with Crippen LogP contribution in [0.4, 0.5) is 0 Å². The molecule has 1 aromatic heterocycles. The highest BCUT2D eigenvalue weighted by molar-refractivity contribution is 6.00. The molecule has 2 nitrogen and oxygen atoms in total. The first-order valence-corrected chi connectivity index (χ1v) is 6.53. The maximum Gasteiger partial charge on any atom is 0.152 e. The molecular weight excluding hydrogens is 222 g/mol. The monoisotopic (exact) mass is 243 g/mol. The van der Waals surface area contributed by atoms with Crippen molar-refractivity contribution >= 4 is 17.2 Å². The third-order valence-electron chi connectivity index (χ3n) is 3.59. The van der Waals surface area contributed by atoms with Gasteiger partial charge in [0, 0.05) is 29.7 Å². The third-order valence-corrected chi connectivity index (χ3v) is 3.59. The second-order valence-electron chi connectivity index (χ2n) is 5.63. The normalized spacial score (nSPS) is 11.7. The van der Waals surface area contributed by atoms with Crippen LogP contribution in [0, 0.1) is 0 Å². The lowest BCUT2D eigenvalue weighted by molar-refractivity contribution is 0.112. The molecule has 0 saturated heterocycles. The van der Waals surface area contributed by atoms with Crippen LogP contribution < -0.4 is 0 Å². The predicted molar refractivity (Wildman–Crippen MR) is 76.5 cm³/mol. The molecule has 0 aliphatic rings. The van der Waals surface area contributed by atoms with Crippen molar-refractivity contribution in [2.45, 2.75) is 39.5 Å². The van der Waals surface area contributed by atoms with Gasteiger partial charge in [-0.05, 0) is 29.0 Å². The molecule has 0 N–H and O–H groups in total. The van der Waals surface area contributed by atoms with Crippen molar-refractivity contribution < 1.29 is 4.79 Å². The SMILES string of the molecule is CC(C)c1cc(C(C)C)c2c(C=O)cn(C)c2c1. The lowest BCUT2D eigenvalue weighted by atomic mass is 9.91. The molecule has 0 fully saturated rings. The zero-order valence-corrected chi connectivity index (χ0v) is 11.8. The Morgan fingerprint density at radius 2 is 1.78 bits per heavy atom. The van der Waals surface area contributed by atoms with Crippen LogP contribution in [0.5, 0.6) is 0 Å². The van der Waals surface area contributed by atoms with Crippen molar-refractivity contribution in [1.29, 1.82) is 0 Å². The molecule has 0 radical (unpaired) electrons. The van der Waals surface area contributed by atoms with E-state index in [1.54, 1.807) is 0 Å². The number of nitrogens with zero attached hydrogens (tertiary/aromatic N) is 1. The standard InChI is InChI=1S/C16H21NO/c1-10(2)12-6-14(11(3)4)16-13(9-18)8-17(5)15(16)7-12/h6-11H,1-5H3. The van der Waals surface area contributed by atoms with Crippen LogP contribution in [0.15, 0.2) is 18.3 Å². The highest BCUT2D eigenvalue weighted by Gasteiger charge is 2.15. The van der Waals surface area contributed by atoms with Crippen molar-refractivity contribution in [2.24, 2.45) is 7.05 Å². The Hall–Kier alpha value is -1.57. The number of benzene rings is 1. The highest BCUT2D eigenvalue weighted by Crippen LogP contribution is 2.32. The summed E-state index contributed by atoms with van der Waals surface area (Å²) in [6, 6.07) is 4.46. The highest BCUT2D eigenvalue weighted by atomic mass is 16.1. The van der Waals surface area contributed by atoms with Crippen molar-refractivity contribution in [2.75, 3.05) is 0 Å². The largest absolute Gasteiger partial charge is 0.350 e. The number of carbonyl (C=O) groups is 1. The molecule has 1 aromatic carbocycles.